The first-order valence-electron chi connectivity index (χ1n) is 0. The Balaban J connectivity index is 0. The van der Waals surface area contributed by atoms with Crippen LogP contribution in [0.15, 0.2) is 0 Å². The number of hydrogen-bond donors (Lipinski definition) is 4. The van der Waals surface area contributed by atoms with Gasteiger partial charge >= 0.3 is 0 Å². The third kappa shape index (κ3) is 188. The first kappa shape index (κ1) is 788. The van der Waals surface area contributed by atoms with E-state index in [1.165, 1.54) is 0 Å². The fourth-order valence-corrected chi connectivity index (χ4v) is 0. The standard InChI is InChI=1S/Fe.4H3N/h;4*1H3. The van der Waals surface area contributed by atoms with Crippen LogP contribution in [0.5, 0.6) is 0 Å². The molecule has 0 spiro atoms. The third-order valence-electron chi connectivity index (χ3n) is 0. The Labute approximate surface area is 42.5 Å². The number of rotatable bonds is 0. The van der Waals surface area contributed by atoms with Crippen molar-refractivity contribution < 1.29 is 17.1 Å². The van der Waals surface area contributed by atoms with Gasteiger partial charge in [-0.15, -0.1) is 0 Å². The maximum atomic E-state index is 0. The molecule has 5 heteroatoms. The molecular weight excluding hydrogens is 112 g/mol. The molecule has 0 saturated carbocycles. The summed E-state index contributed by atoms with van der Waals surface area (Å²) in [4.78, 5) is 0. The van der Waals surface area contributed by atoms with E-state index in [0.717, 1.165) is 0 Å². The van der Waals surface area contributed by atoms with Gasteiger partial charge in [-0.3, -0.25) is 0 Å². The van der Waals surface area contributed by atoms with Gasteiger partial charge in [0.15, 0.2) is 0 Å². The Morgan fingerprint density at radius 1 is 0.400 bits per heavy atom. The largest absolute Gasteiger partial charge is 0.344 e. The molecule has 0 atom stereocenters. The second kappa shape index (κ2) is 381. The van der Waals surface area contributed by atoms with Crippen molar-refractivity contribution in [1.29, 1.82) is 0 Å². The van der Waals surface area contributed by atoms with Crippen LogP contribution in [0.3, 0.4) is 0 Å². The summed E-state index contributed by atoms with van der Waals surface area (Å²) in [6.45, 7) is 0. The Morgan fingerprint density at radius 3 is 0.400 bits per heavy atom. The molecule has 0 rings (SSSR count). The van der Waals surface area contributed by atoms with Gasteiger partial charge in [0.05, 0.1) is 0 Å². The summed E-state index contributed by atoms with van der Waals surface area (Å²) in [5, 5.41) is 0. The van der Waals surface area contributed by atoms with Gasteiger partial charge in [0.2, 0.25) is 0 Å². The maximum absolute atomic E-state index is 0. The Kier molecular flexibility index (Phi) is 60000. The summed E-state index contributed by atoms with van der Waals surface area (Å²) in [5.41, 5.74) is 0. The molecule has 40 valence electrons. The monoisotopic (exact) mass is 124 g/mol. The summed E-state index contributed by atoms with van der Waals surface area (Å²) in [6, 6.07) is 0. The second-order valence-electron chi connectivity index (χ2n) is 0. The molecule has 0 aromatic rings. The van der Waals surface area contributed by atoms with E-state index in [-0.39, 0.29) is 41.7 Å². The zero-order valence-electron chi connectivity index (χ0n) is 3.18. The predicted octanol–water partition coefficient (Wildman–Crippen LogP) is 0.645. The van der Waals surface area contributed by atoms with Gasteiger partial charge in [0, 0.05) is 17.1 Å². The molecule has 0 aliphatic rings. The zero-order chi connectivity index (χ0) is 0. The minimum absolute atomic E-state index is 0. The van der Waals surface area contributed by atoms with E-state index in [0.29, 0.717) is 0 Å². The maximum Gasteiger partial charge on any atom is 0 e. The van der Waals surface area contributed by atoms with Gasteiger partial charge in [-0.1, -0.05) is 0 Å². The molecule has 0 radical (unpaired) electrons. The average molecular weight is 124 g/mol. The van der Waals surface area contributed by atoms with Gasteiger partial charge in [0.25, 0.3) is 0 Å². The van der Waals surface area contributed by atoms with E-state index in [9.17, 15) is 0 Å². The minimum atomic E-state index is 0. The van der Waals surface area contributed by atoms with Crippen LogP contribution in [0, 0.1) is 0 Å². The van der Waals surface area contributed by atoms with E-state index in [1.54, 1.807) is 0 Å². The van der Waals surface area contributed by atoms with Crippen LogP contribution in [0.1, 0.15) is 0 Å². The summed E-state index contributed by atoms with van der Waals surface area (Å²) < 4.78 is 0. The average Bonchev–Trinajstić information content (AvgIpc) is 0. The molecule has 0 aliphatic heterocycles. The van der Waals surface area contributed by atoms with Crippen molar-refractivity contribution >= 4 is 0 Å². The molecule has 0 saturated heterocycles. The van der Waals surface area contributed by atoms with Crippen LogP contribution in [0.25, 0.3) is 0 Å². The molecule has 12 N–H and O–H groups in total. The fourth-order valence-electron chi connectivity index (χ4n) is 0. The van der Waals surface area contributed by atoms with Crippen LogP contribution < -0.4 is 24.6 Å². The molecule has 0 aliphatic carbocycles. The van der Waals surface area contributed by atoms with Crippen LogP contribution in [0.2, 0.25) is 0 Å². The van der Waals surface area contributed by atoms with Gasteiger partial charge < -0.3 is 24.6 Å². The van der Waals surface area contributed by atoms with E-state index in [4.69, 9.17) is 0 Å². The van der Waals surface area contributed by atoms with Crippen molar-refractivity contribution in [2.75, 3.05) is 0 Å². The Hall–Kier alpha value is 0.359. The van der Waals surface area contributed by atoms with Crippen molar-refractivity contribution in [3.8, 4) is 0 Å². The van der Waals surface area contributed by atoms with E-state index in [2.05, 4.69) is 0 Å². The van der Waals surface area contributed by atoms with Crippen molar-refractivity contribution in [1.82, 2.24) is 24.6 Å². The van der Waals surface area contributed by atoms with Crippen LogP contribution in [-0.2, 0) is 17.1 Å². The molecule has 5 heavy (non-hydrogen) atoms. The van der Waals surface area contributed by atoms with E-state index >= 15 is 0 Å². The van der Waals surface area contributed by atoms with E-state index < -0.39 is 0 Å². The van der Waals surface area contributed by atoms with Crippen LogP contribution >= 0.6 is 0 Å². The van der Waals surface area contributed by atoms with Crippen LogP contribution in [-0.4, -0.2) is 0 Å². The predicted molar refractivity (Wildman–Crippen MR) is 20.1 cm³/mol. The van der Waals surface area contributed by atoms with Crippen molar-refractivity contribution in [3.63, 3.8) is 0 Å². The van der Waals surface area contributed by atoms with Gasteiger partial charge in [-0.25, -0.2) is 0 Å². The summed E-state index contributed by atoms with van der Waals surface area (Å²) in [5.74, 6) is 0. The third-order valence-corrected chi connectivity index (χ3v) is 0. The molecule has 0 heterocycles. The van der Waals surface area contributed by atoms with Crippen molar-refractivity contribution in [3.05, 3.63) is 0 Å². The molecular formula is H12FeN4. The topological polar surface area (TPSA) is 140 Å². The molecule has 4 nitrogen and oxygen atoms in total. The Morgan fingerprint density at radius 2 is 0.400 bits per heavy atom. The number of hydrogen-bond acceptors (Lipinski definition) is 4. The van der Waals surface area contributed by atoms with Crippen LogP contribution in [0.4, 0.5) is 0 Å². The first-order valence-corrected chi connectivity index (χ1v) is 0. The van der Waals surface area contributed by atoms with Gasteiger partial charge in [-0.2, -0.15) is 0 Å². The second-order valence-corrected chi connectivity index (χ2v) is 0. The summed E-state index contributed by atoms with van der Waals surface area (Å²) in [6.07, 6.45) is 0. The van der Waals surface area contributed by atoms with E-state index in [1.807, 2.05) is 0 Å². The molecule has 0 fully saturated rings. The zero-order valence-corrected chi connectivity index (χ0v) is 4.29. The summed E-state index contributed by atoms with van der Waals surface area (Å²) in [7, 11) is 0. The minimum Gasteiger partial charge on any atom is -0.344 e. The van der Waals surface area contributed by atoms with Crippen molar-refractivity contribution in [2.45, 2.75) is 0 Å². The first-order chi connectivity index (χ1) is 0. The molecule has 0 aromatic carbocycles. The SMILES string of the molecule is N.N.N.N.[Fe]. The molecule has 0 amide bonds. The van der Waals surface area contributed by atoms with Gasteiger partial charge in [-0.05, 0) is 0 Å². The molecule has 0 aromatic heterocycles. The summed E-state index contributed by atoms with van der Waals surface area (Å²) >= 11 is 0. The normalized spacial score (nSPS) is 0. The molecule has 0 unspecified atom stereocenters. The van der Waals surface area contributed by atoms with Crippen molar-refractivity contribution in [2.24, 2.45) is 0 Å². The van der Waals surface area contributed by atoms with Gasteiger partial charge in [0.1, 0.15) is 0 Å². The fraction of sp³-hybridized carbons (Fsp3) is 0. The molecule has 0 bridgehead atoms. The quantitative estimate of drug-likeness (QED) is 0.351. The smallest absolute Gasteiger partial charge is 0 e. The Bertz CT molecular complexity index is 3.61.